The van der Waals surface area contributed by atoms with Crippen LogP contribution in [0.15, 0.2) is 27.1 Å². The molecule has 6 nitrogen and oxygen atoms in total. The van der Waals surface area contributed by atoms with Crippen molar-refractivity contribution in [3.63, 3.8) is 0 Å². The maximum absolute atomic E-state index is 11.7. The minimum absolute atomic E-state index is 0.105. The van der Waals surface area contributed by atoms with Crippen LogP contribution in [0.2, 0.25) is 0 Å². The largest absolute Gasteiger partial charge is 0.497 e. The number of benzene rings is 1. The third kappa shape index (κ3) is 3.90. The van der Waals surface area contributed by atoms with Crippen molar-refractivity contribution in [3.05, 3.63) is 28.6 Å². The summed E-state index contributed by atoms with van der Waals surface area (Å²) in [5.41, 5.74) is 0.750. The molecule has 7 heteroatoms. The van der Waals surface area contributed by atoms with Crippen LogP contribution in [0.1, 0.15) is 31.6 Å². The van der Waals surface area contributed by atoms with Gasteiger partial charge in [-0.25, -0.2) is 0 Å². The van der Waals surface area contributed by atoms with E-state index >= 15 is 0 Å². The SMILES string of the molecule is COc1ccc(Br)c(-c2nnc(CCC(=O)OC3CCC3)o2)c1. The summed E-state index contributed by atoms with van der Waals surface area (Å²) < 4.78 is 17.0. The molecule has 0 bridgehead atoms. The molecule has 0 atom stereocenters. The maximum atomic E-state index is 11.7. The molecular formula is C16H17BrN2O4. The summed E-state index contributed by atoms with van der Waals surface area (Å²) in [7, 11) is 1.60. The standard InChI is InChI=1S/C16H17BrN2O4/c1-21-11-5-6-13(17)12(9-11)16-19-18-14(23-16)7-8-15(20)22-10-3-2-4-10/h5-6,9-10H,2-4,7-8H2,1H3. The van der Waals surface area contributed by atoms with Crippen LogP contribution in [-0.4, -0.2) is 29.4 Å². The molecule has 1 heterocycles. The molecule has 3 rings (SSSR count). The predicted molar refractivity (Wildman–Crippen MR) is 86.0 cm³/mol. The highest BCUT2D eigenvalue weighted by Crippen LogP contribution is 2.31. The fourth-order valence-corrected chi connectivity index (χ4v) is 2.62. The normalized spacial score (nSPS) is 14.3. The number of carbonyl (C=O) groups is 1. The van der Waals surface area contributed by atoms with Gasteiger partial charge >= 0.3 is 5.97 Å². The zero-order valence-electron chi connectivity index (χ0n) is 12.8. The van der Waals surface area contributed by atoms with Gasteiger partial charge in [-0.1, -0.05) is 0 Å². The maximum Gasteiger partial charge on any atom is 0.306 e. The Bertz CT molecular complexity index is 697. The lowest BCUT2D eigenvalue weighted by atomic mass is 9.96. The number of aryl methyl sites for hydroxylation is 1. The first-order valence-corrected chi connectivity index (χ1v) is 8.31. The Morgan fingerprint density at radius 3 is 2.91 bits per heavy atom. The topological polar surface area (TPSA) is 74.5 Å². The van der Waals surface area contributed by atoms with Gasteiger partial charge in [0.15, 0.2) is 0 Å². The summed E-state index contributed by atoms with van der Waals surface area (Å²) >= 11 is 3.45. The van der Waals surface area contributed by atoms with E-state index in [1.807, 2.05) is 18.2 Å². The second-order valence-corrected chi connectivity index (χ2v) is 6.24. The minimum Gasteiger partial charge on any atom is -0.497 e. The van der Waals surface area contributed by atoms with E-state index in [1.54, 1.807) is 7.11 Å². The van der Waals surface area contributed by atoms with Crippen molar-refractivity contribution in [3.8, 4) is 17.2 Å². The smallest absolute Gasteiger partial charge is 0.306 e. The highest BCUT2D eigenvalue weighted by Gasteiger charge is 2.22. The lowest BCUT2D eigenvalue weighted by Gasteiger charge is -2.24. The second-order valence-electron chi connectivity index (χ2n) is 5.39. The first-order valence-electron chi connectivity index (χ1n) is 7.51. The van der Waals surface area contributed by atoms with Crippen molar-refractivity contribution in [1.29, 1.82) is 0 Å². The summed E-state index contributed by atoms with van der Waals surface area (Å²) in [6.45, 7) is 0. The van der Waals surface area contributed by atoms with Gasteiger partial charge in [-0.3, -0.25) is 4.79 Å². The van der Waals surface area contributed by atoms with Gasteiger partial charge in [0.25, 0.3) is 0 Å². The minimum atomic E-state index is -0.211. The monoisotopic (exact) mass is 380 g/mol. The Morgan fingerprint density at radius 2 is 2.22 bits per heavy atom. The average Bonchev–Trinajstić information content (AvgIpc) is 2.98. The molecule has 0 saturated heterocycles. The van der Waals surface area contributed by atoms with E-state index in [0.717, 1.165) is 29.3 Å². The molecule has 1 saturated carbocycles. The van der Waals surface area contributed by atoms with Crippen LogP contribution < -0.4 is 4.74 Å². The summed E-state index contributed by atoms with van der Waals surface area (Å²) in [6, 6.07) is 5.50. The molecule has 1 aromatic carbocycles. The lowest BCUT2D eigenvalue weighted by Crippen LogP contribution is -2.25. The van der Waals surface area contributed by atoms with Crippen molar-refractivity contribution < 1.29 is 18.7 Å². The molecule has 1 fully saturated rings. The van der Waals surface area contributed by atoms with E-state index in [2.05, 4.69) is 26.1 Å². The number of rotatable bonds is 6. The summed E-state index contributed by atoms with van der Waals surface area (Å²) in [6.07, 6.45) is 3.81. The number of aromatic nitrogens is 2. The molecule has 0 spiro atoms. The van der Waals surface area contributed by atoms with Crippen LogP contribution >= 0.6 is 15.9 Å². The number of hydrogen-bond donors (Lipinski definition) is 0. The molecule has 2 aromatic rings. The summed E-state index contributed by atoms with van der Waals surface area (Å²) in [5.74, 6) is 1.29. The molecule has 0 unspecified atom stereocenters. The van der Waals surface area contributed by atoms with E-state index in [4.69, 9.17) is 13.9 Å². The predicted octanol–water partition coefficient (Wildman–Crippen LogP) is 3.54. The number of nitrogens with zero attached hydrogens (tertiary/aromatic N) is 2. The fraction of sp³-hybridized carbons (Fsp3) is 0.438. The molecule has 0 amide bonds. The average molecular weight is 381 g/mol. The van der Waals surface area contributed by atoms with Crippen molar-refractivity contribution in [2.75, 3.05) is 7.11 Å². The molecule has 0 aliphatic heterocycles. The van der Waals surface area contributed by atoms with Gasteiger partial charge in [-0.2, -0.15) is 0 Å². The van der Waals surface area contributed by atoms with Crippen molar-refractivity contribution in [1.82, 2.24) is 10.2 Å². The second kappa shape index (κ2) is 7.12. The zero-order valence-corrected chi connectivity index (χ0v) is 14.3. The Kier molecular flexibility index (Phi) is 4.95. The third-order valence-electron chi connectivity index (χ3n) is 3.76. The zero-order chi connectivity index (χ0) is 16.2. The number of carbonyl (C=O) groups excluding carboxylic acids is 1. The van der Waals surface area contributed by atoms with E-state index < -0.39 is 0 Å². The van der Waals surface area contributed by atoms with Gasteiger partial charge < -0.3 is 13.9 Å². The van der Waals surface area contributed by atoms with Crippen LogP contribution in [0.3, 0.4) is 0 Å². The first kappa shape index (κ1) is 16.0. The van der Waals surface area contributed by atoms with Gasteiger partial charge in [0, 0.05) is 10.9 Å². The Hall–Kier alpha value is -1.89. The molecule has 1 aliphatic carbocycles. The van der Waals surface area contributed by atoms with Gasteiger partial charge in [0.2, 0.25) is 11.8 Å². The van der Waals surface area contributed by atoms with Gasteiger partial charge in [-0.05, 0) is 53.4 Å². The van der Waals surface area contributed by atoms with Crippen LogP contribution in [-0.2, 0) is 16.0 Å². The van der Waals surface area contributed by atoms with Gasteiger partial charge in [0.1, 0.15) is 11.9 Å². The number of halogens is 1. The van der Waals surface area contributed by atoms with E-state index in [-0.39, 0.29) is 18.5 Å². The van der Waals surface area contributed by atoms with Crippen molar-refractivity contribution in [2.45, 2.75) is 38.2 Å². The number of esters is 1. The molecule has 23 heavy (non-hydrogen) atoms. The van der Waals surface area contributed by atoms with Crippen LogP contribution in [0.5, 0.6) is 5.75 Å². The van der Waals surface area contributed by atoms with E-state index in [1.165, 1.54) is 0 Å². The fourth-order valence-electron chi connectivity index (χ4n) is 2.20. The molecule has 0 radical (unpaired) electrons. The molecule has 1 aliphatic rings. The highest BCUT2D eigenvalue weighted by molar-refractivity contribution is 9.10. The number of hydrogen-bond acceptors (Lipinski definition) is 6. The molecule has 0 N–H and O–H groups in total. The quantitative estimate of drug-likeness (QED) is 0.713. The van der Waals surface area contributed by atoms with Crippen LogP contribution in [0, 0.1) is 0 Å². The molecule has 122 valence electrons. The first-order chi connectivity index (χ1) is 11.2. The van der Waals surface area contributed by atoms with Gasteiger partial charge in [-0.15, -0.1) is 10.2 Å². The highest BCUT2D eigenvalue weighted by atomic mass is 79.9. The Balaban J connectivity index is 1.62. The van der Waals surface area contributed by atoms with Crippen LogP contribution in [0.4, 0.5) is 0 Å². The summed E-state index contributed by atoms with van der Waals surface area (Å²) in [5, 5.41) is 8.02. The summed E-state index contributed by atoms with van der Waals surface area (Å²) in [4.78, 5) is 11.7. The lowest BCUT2D eigenvalue weighted by molar-refractivity contribution is -0.152. The Morgan fingerprint density at radius 1 is 1.39 bits per heavy atom. The van der Waals surface area contributed by atoms with Crippen LogP contribution in [0.25, 0.3) is 11.5 Å². The van der Waals surface area contributed by atoms with Gasteiger partial charge in [0.05, 0.1) is 19.1 Å². The number of methoxy groups -OCH3 is 1. The third-order valence-corrected chi connectivity index (χ3v) is 4.46. The van der Waals surface area contributed by atoms with Crippen molar-refractivity contribution in [2.24, 2.45) is 0 Å². The molecular weight excluding hydrogens is 364 g/mol. The van der Waals surface area contributed by atoms with Crippen molar-refractivity contribution >= 4 is 21.9 Å². The number of ether oxygens (including phenoxy) is 2. The Labute approximate surface area is 142 Å². The van der Waals surface area contributed by atoms with E-state index in [0.29, 0.717) is 24.0 Å². The van der Waals surface area contributed by atoms with E-state index in [9.17, 15) is 4.79 Å². The molecule has 1 aromatic heterocycles.